The van der Waals surface area contributed by atoms with Crippen LogP contribution in [0.15, 0.2) is 0 Å². The molecule has 1 saturated carbocycles. The van der Waals surface area contributed by atoms with Crippen molar-refractivity contribution in [1.29, 1.82) is 0 Å². The summed E-state index contributed by atoms with van der Waals surface area (Å²) in [6.07, 6.45) is 1.15. The van der Waals surface area contributed by atoms with Crippen molar-refractivity contribution >= 4 is 5.97 Å². The molecule has 3 nitrogen and oxygen atoms in total. The predicted octanol–water partition coefficient (Wildman–Crippen LogP) is 0.626. The number of rotatable bonds is 2. The summed E-state index contributed by atoms with van der Waals surface area (Å²) in [5, 5.41) is 0. The highest BCUT2D eigenvalue weighted by atomic mass is 19.1. The van der Waals surface area contributed by atoms with Crippen molar-refractivity contribution in [2.45, 2.75) is 24.9 Å². The van der Waals surface area contributed by atoms with Crippen LogP contribution in [0.3, 0.4) is 0 Å². The van der Waals surface area contributed by atoms with E-state index in [4.69, 9.17) is 5.73 Å². The van der Waals surface area contributed by atoms with Crippen molar-refractivity contribution in [1.82, 2.24) is 0 Å². The molecule has 70 valence electrons. The van der Waals surface area contributed by atoms with E-state index >= 15 is 0 Å². The van der Waals surface area contributed by atoms with E-state index < -0.39 is 5.67 Å². The van der Waals surface area contributed by atoms with E-state index in [9.17, 15) is 9.18 Å². The molecule has 0 bridgehead atoms. The van der Waals surface area contributed by atoms with Crippen molar-refractivity contribution in [2.24, 2.45) is 11.7 Å². The van der Waals surface area contributed by atoms with Gasteiger partial charge in [0.2, 0.25) is 0 Å². The first-order chi connectivity index (χ1) is 5.61. The molecule has 0 saturated heterocycles. The highest BCUT2D eigenvalue weighted by Gasteiger charge is 2.41. The first kappa shape index (κ1) is 9.45. The summed E-state index contributed by atoms with van der Waals surface area (Å²) in [5.74, 6) is -0.605. The van der Waals surface area contributed by atoms with E-state index in [1.807, 2.05) is 0 Å². The minimum atomic E-state index is -1.33. The maximum absolute atomic E-state index is 13.5. The van der Waals surface area contributed by atoms with E-state index in [-0.39, 0.29) is 24.9 Å². The Morgan fingerprint density at radius 3 is 2.92 bits per heavy atom. The molecule has 1 rings (SSSR count). The summed E-state index contributed by atoms with van der Waals surface area (Å²) in [6.45, 7) is 0.000490. The van der Waals surface area contributed by atoms with Gasteiger partial charge in [0.05, 0.1) is 13.0 Å². The molecule has 1 unspecified atom stereocenters. The maximum Gasteiger partial charge on any atom is 0.308 e. The van der Waals surface area contributed by atoms with Crippen LogP contribution in [0.5, 0.6) is 0 Å². The van der Waals surface area contributed by atoms with Gasteiger partial charge in [0.25, 0.3) is 0 Å². The number of halogens is 1. The number of ether oxygens (including phenoxy) is 1. The Bertz CT molecular complexity index is 186. The first-order valence-electron chi connectivity index (χ1n) is 4.08. The SMILES string of the molecule is COC(=O)C1CC[C@](F)(CN)C1. The Hall–Kier alpha value is -0.640. The Labute approximate surface area is 71.1 Å². The quantitative estimate of drug-likeness (QED) is 0.626. The molecule has 1 aliphatic carbocycles. The topological polar surface area (TPSA) is 52.3 Å². The summed E-state index contributed by atoms with van der Waals surface area (Å²) in [5.41, 5.74) is 3.91. The second-order valence-electron chi connectivity index (χ2n) is 3.32. The molecule has 0 aliphatic heterocycles. The molecule has 0 aromatic rings. The third kappa shape index (κ3) is 1.75. The van der Waals surface area contributed by atoms with Gasteiger partial charge in [-0.2, -0.15) is 0 Å². The van der Waals surface area contributed by atoms with Crippen molar-refractivity contribution < 1.29 is 13.9 Å². The van der Waals surface area contributed by atoms with Gasteiger partial charge >= 0.3 is 5.97 Å². The second-order valence-corrected chi connectivity index (χ2v) is 3.32. The van der Waals surface area contributed by atoms with Crippen molar-refractivity contribution in [3.8, 4) is 0 Å². The van der Waals surface area contributed by atoms with Crippen LogP contribution >= 0.6 is 0 Å². The average Bonchev–Trinajstić information content (AvgIpc) is 2.48. The summed E-state index contributed by atoms with van der Waals surface area (Å²) < 4.78 is 18.0. The molecule has 0 aromatic carbocycles. The monoisotopic (exact) mass is 175 g/mol. The van der Waals surface area contributed by atoms with Gasteiger partial charge in [-0.25, -0.2) is 4.39 Å². The van der Waals surface area contributed by atoms with E-state index in [0.717, 1.165) is 0 Å². The molecule has 0 radical (unpaired) electrons. The van der Waals surface area contributed by atoms with Gasteiger partial charge in [0.15, 0.2) is 0 Å². The molecule has 12 heavy (non-hydrogen) atoms. The Balaban J connectivity index is 2.50. The molecule has 0 spiro atoms. The maximum atomic E-state index is 13.5. The largest absolute Gasteiger partial charge is 0.469 e. The number of hydrogen-bond acceptors (Lipinski definition) is 3. The van der Waals surface area contributed by atoms with E-state index in [1.165, 1.54) is 7.11 Å². The lowest BCUT2D eigenvalue weighted by molar-refractivity contribution is -0.145. The van der Waals surface area contributed by atoms with Crippen LogP contribution in [0.1, 0.15) is 19.3 Å². The molecular weight excluding hydrogens is 161 g/mol. The highest BCUT2D eigenvalue weighted by molar-refractivity contribution is 5.72. The number of esters is 1. The number of methoxy groups -OCH3 is 1. The fraction of sp³-hybridized carbons (Fsp3) is 0.875. The number of hydrogen-bond donors (Lipinski definition) is 1. The van der Waals surface area contributed by atoms with Crippen molar-refractivity contribution in [3.63, 3.8) is 0 Å². The molecule has 2 N–H and O–H groups in total. The molecule has 2 atom stereocenters. The lowest BCUT2D eigenvalue weighted by Crippen LogP contribution is -2.30. The highest BCUT2D eigenvalue weighted by Crippen LogP contribution is 2.37. The van der Waals surface area contributed by atoms with Gasteiger partial charge in [0.1, 0.15) is 5.67 Å². The van der Waals surface area contributed by atoms with Gasteiger partial charge in [-0.1, -0.05) is 0 Å². The van der Waals surface area contributed by atoms with E-state index in [2.05, 4.69) is 4.74 Å². The molecule has 1 fully saturated rings. The third-order valence-electron chi connectivity index (χ3n) is 2.45. The lowest BCUT2D eigenvalue weighted by Gasteiger charge is -2.15. The first-order valence-corrected chi connectivity index (χ1v) is 4.08. The molecule has 0 heterocycles. The zero-order valence-corrected chi connectivity index (χ0v) is 7.18. The zero-order valence-electron chi connectivity index (χ0n) is 7.18. The standard InChI is InChI=1S/C8H14FNO2/c1-12-7(11)6-2-3-8(9,4-6)5-10/h6H,2-5,10H2,1H3/t6?,8-/m1/s1. The van der Waals surface area contributed by atoms with Crippen molar-refractivity contribution in [2.75, 3.05) is 13.7 Å². The minimum Gasteiger partial charge on any atom is -0.469 e. The van der Waals surface area contributed by atoms with Gasteiger partial charge in [-0.3, -0.25) is 4.79 Å². The zero-order chi connectivity index (χ0) is 9.19. The van der Waals surface area contributed by atoms with Crippen molar-refractivity contribution in [3.05, 3.63) is 0 Å². The van der Waals surface area contributed by atoms with E-state index in [1.54, 1.807) is 0 Å². The van der Waals surface area contributed by atoms with Crippen LogP contribution in [0.4, 0.5) is 4.39 Å². The Morgan fingerprint density at radius 1 is 1.83 bits per heavy atom. The third-order valence-corrected chi connectivity index (χ3v) is 2.45. The van der Waals surface area contributed by atoms with Crippen LogP contribution < -0.4 is 5.73 Å². The number of nitrogens with two attached hydrogens (primary N) is 1. The Morgan fingerprint density at radius 2 is 2.50 bits per heavy atom. The predicted molar refractivity (Wildman–Crippen MR) is 42.3 cm³/mol. The number of carbonyl (C=O) groups excluding carboxylic acids is 1. The van der Waals surface area contributed by atoms with Gasteiger partial charge in [-0.05, 0) is 19.3 Å². The normalized spacial score (nSPS) is 35.1. The molecule has 0 aromatic heterocycles. The Kier molecular flexibility index (Phi) is 2.67. The van der Waals surface area contributed by atoms with Crippen LogP contribution in [-0.2, 0) is 9.53 Å². The summed E-state index contributed by atoms with van der Waals surface area (Å²) >= 11 is 0. The smallest absolute Gasteiger partial charge is 0.308 e. The summed E-state index contributed by atoms with van der Waals surface area (Å²) in [6, 6.07) is 0. The van der Waals surface area contributed by atoms with Crippen LogP contribution in [0.25, 0.3) is 0 Å². The fourth-order valence-electron chi connectivity index (χ4n) is 1.63. The van der Waals surface area contributed by atoms with Gasteiger partial charge in [-0.15, -0.1) is 0 Å². The second kappa shape index (κ2) is 3.39. The minimum absolute atomic E-state index is 0.000490. The fourth-order valence-corrected chi connectivity index (χ4v) is 1.63. The average molecular weight is 175 g/mol. The number of carbonyl (C=O) groups is 1. The molecule has 0 amide bonds. The summed E-state index contributed by atoms with van der Waals surface area (Å²) in [4.78, 5) is 11.0. The van der Waals surface area contributed by atoms with E-state index in [0.29, 0.717) is 12.8 Å². The number of alkyl halides is 1. The molecular formula is C8H14FNO2. The summed E-state index contributed by atoms with van der Waals surface area (Å²) in [7, 11) is 1.32. The lowest BCUT2D eigenvalue weighted by atomic mass is 10.0. The van der Waals surface area contributed by atoms with Crippen LogP contribution in [-0.4, -0.2) is 25.3 Å². The van der Waals surface area contributed by atoms with Crippen LogP contribution in [0.2, 0.25) is 0 Å². The van der Waals surface area contributed by atoms with Gasteiger partial charge in [0, 0.05) is 6.54 Å². The van der Waals surface area contributed by atoms with Crippen LogP contribution in [0, 0.1) is 5.92 Å². The molecule has 4 heteroatoms. The molecule has 1 aliphatic rings. The van der Waals surface area contributed by atoms with Gasteiger partial charge < -0.3 is 10.5 Å².